The first-order valence-corrected chi connectivity index (χ1v) is 5.09. The number of fused-ring (bicyclic) bond motifs is 1. The third kappa shape index (κ3) is 1.54. The van der Waals surface area contributed by atoms with E-state index < -0.39 is 0 Å². The molecule has 2 rings (SSSR count). The Morgan fingerprint density at radius 2 is 2.36 bits per heavy atom. The van der Waals surface area contributed by atoms with Gasteiger partial charge in [0.15, 0.2) is 0 Å². The summed E-state index contributed by atoms with van der Waals surface area (Å²) in [6.07, 6.45) is 3.25. The van der Waals surface area contributed by atoms with Gasteiger partial charge in [-0.15, -0.1) is 0 Å². The Balaban J connectivity index is 2.04. The predicted octanol–water partition coefficient (Wildman–Crippen LogP) is 0.259. The number of carbonyl (C=O) groups excluding carboxylic acids is 2. The van der Waals surface area contributed by atoms with Gasteiger partial charge in [0.2, 0.25) is 0 Å². The van der Waals surface area contributed by atoms with Gasteiger partial charge in [0, 0.05) is 18.4 Å². The molecule has 0 aromatic heterocycles. The molecule has 0 aromatic rings. The maximum Gasteiger partial charge on any atom is 0.322 e. The van der Waals surface area contributed by atoms with Crippen LogP contribution in [0.1, 0.15) is 25.7 Å². The highest BCUT2D eigenvalue weighted by Crippen LogP contribution is 2.31. The molecule has 1 aliphatic heterocycles. The van der Waals surface area contributed by atoms with Crippen molar-refractivity contribution in [3.05, 3.63) is 0 Å². The molecule has 0 bridgehead atoms. The average molecular weight is 197 g/mol. The lowest BCUT2D eigenvalue weighted by molar-refractivity contribution is -0.142. The second-order valence-corrected chi connectivity index (χ2v) is 4.05. The number of ketones is 1. The van der Waals surface area contributed by atoms with Gasteiger partial charge in [-0.05, 0) is 19.3 Å². The van der Waals surface area contributed by atoms with Gasteiger partial charge in [0.05, 0.1) is 7.11 Å². The molecule has 2 aliphatic rings. The summed E-state index contributed by atoms with van der Waals surface area (Å²) in [7, 11) is 1.38. The van der Waals surface area contributed by atoms with Gasteiger partial charge in [-0.1, -0.05) is 0 Å². The van der Waals surface area contributed by atoms with Crippen molar-refractivity contribution >= 4 is 11.8 Å². The minimum Gasteiger partial charge on any atom is -0.468 e. The van der Waals surface area contributed by atoms with E-state index in [1.807, 2.05) is 0 Å². The fourth-order valence-corrected chi connectivity index (χ4v) is 2.49. The highest BCUT2D eigenvalue weighted by atomic mass is 16.5. The summed E-state index contributed by atoms with van der Waals surface area (Å²) in [5, 5.41) is 3.18. The Labute approximate surface area is 83.0 Å². The average Bonchev–Trinajstić information content (AvgIpc) is 2.62. The van der Waals surface area contributed by atoms with Crippen molar-refractivity contribution < 1.29 is 14.3 Å². The molecular formula is C10H15NO3. The number of hydrogen-bond acceptors (Lipinski definition) is 4. The number of nitrogens with one attached hydrogen (secondary N) is 1. The minimum absolute atomic E-state index is 0.0489. The van der Waals surface area contributed by atoms with E-state index in [9.17, 15) is 9.59 Å². The van der Waals surface area contributed by atoms with Gasteiger partial charge in [0.25, 0.3) is 0 Å². The summed E-state index contributed by atoms with van der Waals surface area (Å²) in [4.78, 5) is 22.8. The van der Waals surface area contributed by atoms with Crippen LogP contribution in [0, 0.1) is 5.92 Å². The molecule has 1 N–H and O–H groups in total. The van der Waals surface area contributed by atoms with E-state index in [0.29, 0.717) is 18.6 Å². The molecular weight excluding hydrogens is 182 g/mol. The topological polar surface area (TPSA) is 55.4 Å². The zero-order chi connectivity index (χ0) is 10.1. The first kappa shape index (κ1) is 9.65. The minimum atomic E-state index is -0.267. The van der Waals surface area contributed by atoms with E-state index >= 15 is 0 Å². The Bertz CT molecular complexity index is 264. The quantitative estimate of drug-likeness (QED) is 0.613. The molecule has 78 valence electrons. The van der Waals surface area contributed by atoms with Gasteiger partial charge >= 0.3 is 5.97 Å². The first-order valence-electron chi connectivity index (χ1n) is 5.09. The standard InChI is InChI=1S/C10H15NO3/c1-14-10(13)8-5-6-7(11-8)3-2-4-9(6)12/h6-8,11H,2-5H2,1H3/t6-,7-,8+/m1/s1. The van der Waals surface area contributed by atoms with Crippen LogP contribution in [0.4, 0.5) is 0 Å². The molecule has 2 fully saturated rings. The van der Waals surface area contributed by atoms with Crippen LogP contribution >= 0.6 is 0 Å². The molecule has 0 spiro atoms. The summed E-state index contributed by atoms with van der Waals surface area (Å²) in [6.45, 7) is 0. The Kier molecular flexibility index (Phi) is 2.54. The first-order chi connectivity index (χ1) is 6.72. The molecule has 4 heteroatoms. The van der Waals surface area contributed by atoms with Crippen molar-refractivity contribution in [2.24, 2.45) is 5.92 Å². The third-order valence-electron chi connectivity index (χ3n) is 3.23. The summed E-state index contributed by atoms with van der Waals surface area (Å²) >= 11 is 0. The number of rotatable bonds is 1. The van der Waals surface area contributed by atoms with Gasteiger partial charge < -0.3 is 10.1 Å². The zero-order valence-corrected chi connectivity index (χ0v) is 8.29. The van der Waals surface area contributed by atoms with Gasteiger partial charge in [-0.2, -0.15) is 0 Å². The lowest BCUT2D eigenvalue weighted by atomic mass is 9.84. The number of hydrogen-bond donors (Lipinski definition) is 1. The van der Waals surface area contributed by atoms with Gasteiger partial charge in [-0.25, -0.2) is 0 Å². The molecule has 0 aromatic carbocycles. The molecule has 0 unspecified atom stereocenters. The highest BCUT2D eigenvalue weighted by Gasteiger charge is 2.42. The molecule has 1 saturated heterocycles. The van der Waals surface area contributed by atoms with E-state index in [-0.39, 0.29) is 24.0 Å². The molecule has 0 radical (unpaired) electrons. The number of methoxy groups -OCH3 is 1. The van der Waals surface area contributed by atoms with Crippen LogP contribution in [0.25, 0.3) is 0 Å². The van der Waals surface area contributed by atoms with E-state index in [1.54, 1.807) is 0 Å². The summed E-state index contributed by atoms with van der Waals surface area (Å²) < 4.78 is 4.66. The van der Waals surface area contributed by atoms with Crippen LogP contribution in [0.5, 0.6) is 0 Å². The molecule has 4 nitrogen and oxygen atoms in total. The Morgan fingerprint density at radius 3 is 3.00 bits per heavy atom. The summed E-state index contributed by atoms with van der Waals surface area (Å²) in [6, 6.07) is -0.0580. The SMILES string of the molecule is COC(=O)[C@@H]1C[C@H]2C(=O)CCC[C@H]2N1. The zero-order valence-electron chi connectivity index (χ0n) is 8.29. The molecule has 1 heterocycles. The van der Waals surface area contributed by atoms with E-state index in [1.165, 1.54) is 7.11 Å². The number of carbonyl (C=O) groups is 2. The summed E-state index contributed by atoms with van der Waals surface area (Å²) in [5.41, 5.74) is 0. The predicted molar refractivity (Wildman–Crippen MR) is 49.7 cm³/mol. The lowest BCUT2D eigenvalue weighted by Gasteiger charge is -2.22. The van der Waals surface area contributed by atoms with Crippen LogP contribution in [0.15, 0.2) is 0 Å². The normalized spacial score (nSPS) is 36.6. The lowest BCUT2D eigenvalue weighted by Crippen LogP contribution is -2.39. The van der Waals surface area contributed by atoms with Crippen LogP contribution in [-0.2, 0) is 14.3 Å². The second-order valence-electron chi connectivity index (χ2n) is 4.05. The highest BCUT2D eigenvalue weighted by molar-refractivity contribution is 5.85. The van der Waals surface area contributed by atoms with Crippen molar-refractivity contribution in [3.63, 3.8) is 0 Å². The largest absolute Gasteiger partial charge is 0.468 e. The van der Waals surface area contributed by atoms with Crippen molar-refractivity contribution in [1.82, 2.24) is 5.32 Å². The number of esters is 1. The second kappa shape index (κ2) is 3.69. The van der Waals surface area contributed by atoms with Crippen molar-refractivity contribution in [2.75, 3.05) is 7.11 Å². The number of Topliss-reactive ketones (excluding diaryl/α,β-unsaturated/α-hetero) is 1. The van der Waals surface area contributed by atoms with Gasteiger partial charge in [-0.3, -0.25) is 9.59 Å². The fraction of sp³-hybridized carbons (Fsp3) is 0.800. The van der Waals surface area contributed by atoms with Crippen molar-refractivity contribution in [1.29, 1.82) is 0 Å². The number of ether oxygens (including phenoxy) is 1. The third-order valence-corrected chi connectivity index (χ3v) is 3.23. The van der Waals surface area contributed by atoms with E-state index in [2.05, 4.69) is 10.1 Å². The van der Waals surface area contributed by atoms with Crippen LogP contribution < -0.4 is 5.32 Å². The van der Waals surface area contributed by atoms with Crippen molar-refractivity contribution in [3.8, 4) is 0 Å². The fourth-order valence-electron chi connectivity index (χ4n) is 2.49. The molecule has 1 saturated carbocycles. The Morgan fingerprint density at radius 1 is 1.57 bits per heavy atom. The molecule has 0 amide bonds. The monoisotopic (exact) mass is 197 g/mol. The molecule has 1 aliphatic carbocycles. The maximum atomic E-state index is 11.5. The van der Waals surface area contributed by atoms with Gasteiger partial charge in [0.1, 0.15) is 11.8 Å². The van der Waals surface area contributed by atoms with Crippen LogP contribution in [0.2, 0.25) is 0 Å². The van der Waals surface area contributed by atoms with Crippen molar-refractivity contribution in [2.45, 2.75) is 37.8 Å². The maximum absolute atomic E-state index is 11.5. The van der Waals surface area contributed by atoms with E-state index in [0.717, 1.165) is 12.8 Å². The smallest absolute Gasteiger partial charge is 0.322 e. The van der Waals surface area contributed by atoms with Crippen LogP contribution in [0.3, 0.4) is 0 Å². The van der Waals surface area contributed by atoms with Crippen LogP contribution in [-0.4, -0.2) is 30.9 Å². The molecule has 3 atom stereocenters. The van der Waals surface area contributed by atoms with E-state index in [4.69, 9.17) is 0 Å². The molecule has 14 heavy (non-hydrogen) atoms. The summed E-state index contributed by atoms with van der Waals surface area (Å²) in [5.74, 6) is 0.111. The Hall–Kier alpha value is -0.900.